The Bertz CT molecular complexity index is 888. The van der Waals surface area contributed by atoms with Gasteiger partial charge in [0.05, 0.1) is 11.4 Å². The van der Waals surface area contributed by atoms with E-state index in [2.05, 4.69) is 31.3 Å². The van der Waals surface area contributed by atoms with Crippen LogP contribution in [0, 0.1) is 5.92 Å². The Morgan fingerprint density at radius 2 is 2.00 bits per heavy atom. The fraction of sp³-hybridized carbons (Fsp3) is 0.500. The Labute approximate surface area is 146 Å². The highest BCUT2D eigenvalue weighted by molar-refractivity contribution is 5.92. The van der Waals surface area contributed by atoms with Gasteiger partial charge in [0.15, 0.2) is 5.52 Å². The number of likely N-dealkylation sites (tertiary alicyclic amines) is 1. The van der Waals surface area contributed by atoms with Crippen LogP contribution in [0.15, 0.2) is 29.0 Å². The lowest BCUT2D eigenvalue weighted by molar-refractivity contribution is 0.247. The summed E-state index contributed by atoms with van der Waals surface area (Å²) in [5.41, 5.74) is 4.94. The summed E-state index contributed by atoms with van der Waals surface area (Å²) in [6.07, 6.45) is 4.53. The number of hydrogen-bond acceptors (Lipinski definition) is 6. The number of rotatable bonds is 4. The molecular weight excluding hydrogens is 316 g/mol. The Hall–Kier alpha value is -2.41. The topological polar surface area (TPSA) is 63.2 Å². The lowest BCUT2D eigenvalue weighted by Crippen LogP contribution is -2.51. The summed E-state index contributed by atoms with van der Waals surface area (Å²) in [6, 6.07) is 6.23. The lowest BCUT2D eigenvalue weighted by atomic mass is 9.97. The molecule has 2 aliphatic heterocycles. The van der Waals surface area contributed by atoms with Crippen molar-refractivity contribution in [3.63, 3.8) is 0 Å². The smallest absolute Gasteiger partial charge is 0.158 e. The third kappa shape index (κ3) is 2.59. The van der Waals surface area contributed by atoms with Gasteiger partial charge in [0.2, 0.25) is 0 Å². The van der Waals surface area contributed by atoms with Gasteiger partial charge >= 0.3 is 0 Å². The molecule has 0 saturated carbocycles. The van der Waals surface area contributed by atoms with Gasteiger partial charge in [0, 0.05) is 44.4 Å². The summed E-state index contributed by atoms with van der Waals surface area (Å²) in [5, 5.41) is 12.5. The van der Waals surface area contributed by atoms with Gasteiger partial charge in [0.1, 0.15) is 5.52 Å². The second kappa shape index (κ2) is 5.84. The zero-order valence-corrected chi connectivity index (χ0v) is 14.4. The first-order valence-electron chi connectivity index (χ1n) is 9.00. The number of benzene rings is 1. The molecule has 0 bridgehead atoms. The van der Waals surface area contributed by atoms with Crippen molar-refractivity contribution in [2.45, 2.75) is 12.8 Å². The van der Waals surface area contributed by atoms with Gasteiger partial charge < -0.3 is 9.80 Å². The quantitative estimate of drug-likeness (QED) is 0.726. The molecule has 4 heterocycles. The summed E-state index contributed by atoms with van der Waals surface area (Å²) >= 11 is 0. The van der Waals surface area contributed by atoms with E-state index in [0.29, 0.717) is 0 Å². The van der Waals surface area contributed by atoms with Crippen LogP contribution < -0.4 is 4.90 Å². The summed E-state index contributed by atoms with van der Waals surface area (Å²) in [5.74, 6) is 0.744. The molecule has 0 amide bonds. The SMILES string of the molecule is Cn1nccc1-c1cc(N2CC(CN3CCCC3)C2)c2nonc2c1. The first-order valence-corrected chi connectivity index (χ1v) is 9.00. The van der Waals surface area contributed by atoms with E-state index < -0.39 is 0 Å². The largest absolute Gasteiger partial charge is 0.369 e. The average Bonchev–Trinajstić information content (AvgIpc) is 3.30. The van der Waals surface area contributed by atoms with Gasteiger partial charge in [-0.3, -0.25) is 4.68 Å². The highest BCUT2D eigenvalue weighted by Crippen LogP contribution is 2.35. The van der Waals surface area contributed by atoms with Gasteiger partial charge in [-0.25, -0.2) is 4.63 Å². The first kappa shape index (κ1) is 14.9. The molecule has 0 spiro atoms. The van der Waals surface area contributed by atoms with Crippen molar-refractivity contribution in [3.05, 3.63) is 24.4 Å². The molecule has 25 heavy (non-hydrogen) atoms. The van der Waals surface area contributed by atoms with Crippen LogP contribution in [0.2, 0.25) is 0 Å². The Morgan fingerprint density at radius 1 is 1.16 bits per heavy atom. The minimum atomic E-state index is 0.744. The van der Waals surface area contributed by atoms with Crippen LogP contribution in [0.3, 0.4) is 0 Å². The van der Waals surface area contributed by atoms with Crippen molar-refractivity contribution < 1.29 is 4.63 Å². The van der Waals surface area contributed by atoms with Gasteiger partial charge in [-0.1, -0.05) is 0 Å². The number of fused-ring (bicyclic) bond motifs is 1. The molecule has 0 radical (unpaired) electrons. The van der Waals surface area contributed by atoms with E-state index in [1.54, 1.807) is 0 Å². The monoisotopic (exact) mass is 338 g/mol. The van der Waals surface area contributed by atoms with Crippen LogP contribution in [-0.2, 0) is 7.05 Å². The maximum absolute atomic E-state index is 5.00. The molecule has 0 aliphatic carbocycles. The second-order valence-corrected chi connectivity index (χ2v) is 7.25. The van der Waals surface area contributed by atoms with Crippen LogP contribution in [0.1, 0.15) is 12.8 Å². The van der Waals surface area contributed by atoms with Crippen molar-refractivity contribution in [1.29, 1.82) is 0 Å². The van der Waals surface area contributed by atoms with Crippen LogP contribution >= 0.6 is 0 Å². The zero-order chi connectivity index (χ0) is 16.8. The number of aryl methyl sites for hydroxylation is 1. The molecule has 0 unspecified atom stereocenters. The Balaban J connectivity index is 1.41. The summed E-state index contributed by atoms with van der Waals surface area (Å²) in [6.45, 7) is 5.91. The first-order chi connectivity index (χ1) is 12.3. The average molecular weight is 338 g/mol. The maximum atomic E-state index is 5.00. The van der Waals surface area contributed by atoms with Gasteiger partial charge in [-0.05, 0) is 54.4 Å². The van der Waals surface area contributed by atoms with E-state index in [9.17, 15) is 0 Å². The van der Waals surface area contributed by atoms with Crippen molar-refractivity contribution in [3.8, 4) is 11.3 Å². The number of anilines is 1. The molecule has 2 aliphatic rings. The van der Waals surface area contributed by atoms with E-state index in [-0.39, 0.29) is 0 Å². The standard InChI is InChI=1S/C18H22N6O/c1-22-16(4-5-19-22)14-8-15-18(21-25-20-15)17(9-14)24-11-13(12-24)10-23-6-2-3-7-23/h4-5,8-9,13H,2-3,6-7,10-12H2,1H3. The van der Waals surface area contributed by atoms with Crippen molar-refractivity contribution in [2.24, 2.45) is 13.0 Å². The van der Waals surface area contributed by atoms with Crippen molar-refractivity contribution in [1.82, 2.24) is 25.0 Å². The zero-order valence-electron chi connectivity index (χ0n) is 14.4. The molecule has 5 rings (SSSR count). The van der Waals surface area contributed by atoms with Crippen molar-refractivity contribution >= 4 is 16.7 Å². The number of aromatic nitrogens is 4. The molecule has 0 N–H and O–H groups in total. The van der Waals surface area contributed by atoms with E-state index >= 15 is 0 Å². The Kier molecular flexibility index (Phi) is 3.48. The predicted molar refractivity (Wildman–Crippen MR) is 95.4 cm³/mol. The van der Waals surface area contributed by atoms with Gasteiger partial charge in [0.25, 0.3) is 0 Å². The van der Waals surface area contributed by atoms with Gasteiger partial charge in [-0.15, -0.1) is 0 Å². The molecule has 1 aromatic carbocycles. The molecule has 7 nitrogen and oxygen atoms in total. The molecule has 3 aromatic rings. The molecule has 7 heteroatoms. The summed E-state index contributed by atoms with van der Waals surface area (Å²) in [4.78, 5) is 4.99. The molecule has 0 atom stereocenters. The van der Waals surface area contributed by atoms with Crippen LogP contribution in [0.4, 0.5) is 5.69 Å². The maximum Gasteiger partial charge on any atom is 0.158 e. The highest BCUT2D eigenvalue weighted by Gasteiger charge is 2.31. The third-order valence-electron chi connectivity index (χ3n) is 5.47. The van der Waals surface area contributed by atoms with Crippen LogP contribution in [0.5, 0.6) is 0 Å². The third-order valence-corrected chi connectivity index (χ3v) is 5.47. The number of hydrogen-bond donors (Lipinski definition) is 0. The van der Waals surface area contributed by atoms with Crippen molar-refractivity contribution in [2.75, 3.05) is 37.6 Å². The predicted octanol–water partition coefficient (Wildman–Crippen LogP) is 2.16. The number of nitrogens with zero attached hydrogens (tertiary/aromatic N) is 6. The minimum absolute atomic E-state index is 0.744. The fourth-order valence-electron chi connectivity index (χ4n) is 4.13. The molecule has 130 valence electrons. The highest BCUT2D eigenvalue weighted by atomic mass is 16.6. The molecule has 2 aromatic heterocycles. The van der Waals surface area contributed by atoms with Crippen LogP contribution in [-0.4, -0.2) is 57.7 Å². The van der Waals surface area contributed by atoms with E-state index in [1.165, 1.54) is 32.5 Å². The lowest BCUT2D eigenvalue weighted by Gasteiger charge is -2.42. The normalized spacial score (nSPS) is 19.0. The molecule has 2 fully saturated rings. The fourth-order valence-corrected chi connectivity index (χ4v) is 4.13. The minimum Gasteiger partial charge on any atom is -0.369 e. The van der Waals surface area contributed by atoms with E-state index in [4.69, 9.17) is 4.63 Å². The Morgan fingerprint density at radius 3 is 2.76 bits per heavy atom. The van der Waals surface area contributed by atoms with Crippen LogP contribution in [0.25, 0.3) is 22.3 Å². The summed E-state index contributed by atoms with van der Waals surface area (Å²) in [7, 11) is 1.95. The second-order valence-electron chi connectivity index (χ2n) is 7.25. The van der Waals surface area contributed by atoms with E-state index in [1.807, 2.05) is 30.1 Å². The van der Waals surface area contributed by atoms with E-state index in [0.717, 1.165) is 47.0 Å². The van der Waals surface area contributed by atoms with Gasteiger partial charge in [-0.2, -0.15) is 5.10 Å². The summed E-state index contributed by atoms with van der Waals surface area (Å²) < 4.78 is 6.88. The molecule has 2 saturated heterocycles. The molecular formula is C18H22N6O.